The van der Waals surface area contributed by atoms with Crippen molar-refractivity contribution in [3.05, 3.63) is 16.6 Å². The molecule has 1 aromatic heterocycles. The van der Waals surface area contributed by atoms with Gasteiger partial charge in [0.25, 0.3) is 0 Å². The number of piperidine rings is 1. The van der Waals surface area contributed by atoms with Gasteiger partial charge >= 0.3 is 0 Å². The zero-order chi connectivity index (χ0) is 10.5. The lowest BCUT2D eigenvalue weighted by atomic mass is 9.93. The summed E-state index contributed by atoms with van der Waals surface area (Å²) >= 11 is 1.72. The molecule has 1 fully saturated rings. The fourth-order valence-corrected chi connectivity index (χ4v) is 2.65. The molecule has 1 aromatic rings. The molecule has 2 heterocycles. The minimum absolute atomic E-state index is 0.638. The van der Waals surface area contributed by atoms with Crippen molar-refractivity contribution in [2.45, 2.75) is 32.4 Å². The van der Waals surface area contributed by atoms with Crippen LogP contribution in [0.3, 0.4) is 0 Å². The highest BCUT2D eigenvalue weighted by atomic mass is 32.1. The highest BCUT2D eigenvalue weighted by Gasteiger charge is 2.19. The van der Waals surface area contributed by atoms with Crippen molar-refractivity contribution in [2.24, 2.45) is 5.92 Å². The quantitative estimate of drug-likeness (QED) is 0.817. The van der Waals surface area contributed by atoms with Crippen molar-refractivity contribution >= 4 is 11.3 Å². The molecule has 2 N–H and O–H groups in total. The third-order valence-electron chi connectivity index (χ3n) is 3.05. The summed E-state index contributed by atoms with van der Waals surface area (Å²) in [5, 5.41) is 10.2. The third kappa shape index (κ3) is 3.26. The van der Waals surface area contributed by atoms with Gasteiger partial charge in [-0.05, 0) is 25.3 Å². The summed E-state index contributed by atoms with van der Waals surface area (Å²) in [7, 11) is 0. The Labute approximate surface area is 95.3 Å². The van der Waals surface area contributed by atoms with E-state index in [-0.39, 0.29) is 0 Å². The van der Waals surface area contributed by atoms with Crippen molar-refractivity contribution < 1.29 is 0 Å². The molecule has 0 radical (unpaired) electrons. The van der Waals surface area contributed by atoms with Crippen LogP contribution in [0, 0.1) is 5.92 Å². The molecule has 0 amide bonds. The van der Waals surface area contributed by atoms with Gasteiger partial charge in [0, 0.05) is 30.7 Å². The van der Waals surface area contributed by atoms with Crippen LogP contribution in [0.4, 0.5) is 0 Å². The van der Waals surface area contributed by atoms with Gasteiger partial charge in [-0.3, -0.25) is 0 Å². The Morgan fingerprint density at radius 3 is 3.33 bits per heavy atom. The first-order chi connectivity index (χ1) is 7.36. The van der Waals surface area contributed by atoms with Gasteiger partial charge in [0.05, 0.1) is 0 Å². The first kappa shape index (κ1) is 11.0. The minimum atomic E-state index is 0.638. The van der Waals surface area contributed by atoms with Crippen LogP contribution in [0.25, 0.3) is 0 Å². The fourth-order valence-electron chi connectivity index (χ4n) is 2.06. The van der Waals surface area contributed by atoms with Crippen LogP contribution in [0.15, 0.2) is 11.6 Å². The second-order valence-corrected chi connectivity index (χ2v) is 5.22. The van der Waals surface area contributed by atoms with Crippen molar-refractivity contribution in [1.29, 1.82) is 0 Å². The van der Waals surface area contributed by atoms with Gasteiger partial charge in [-0.25, -0.2) is 4.98 Å². The molecule has 0 aliphatic carbocycles. The predicted molar refractivity (Wildman–Crippen MR) is 64.0 cm³/mol. The number of hydrogen-bond acceptors (Lipinski definition) is 4. The average Bonchev–Trinajstić information content (AvgIpc) is 2.74. The van der Waals surface area contributed by atoms with Gasteiger partial charge in [-0.1, -0.05) is 6.92 Å². The average molecular weight is 225 g/mol. The molecule has 1 saturated heterocycles. The molecule has 4 heteroatoms. The van der Waals surface area contributed by atoms with Crippen LogP contribution in [0.5, 0.6) is 0 Å². The minimum Gasteiger partial charge on any atom is -0.312 e. The Hall–Kier alpha value is -0.450. The molecule has 15 heavy (non-hydrogen) atoms. The highest BCUT2D eigenvalue weighted by molar-refractivity contribution is 7.09. The van der Waals surface area contributed by atoms with Crippen molar-refractivity contribution in [3.63, 3.8) is 0 Å². The summed E-state index contributed by atoms with van der Waals surface area (Å²) in [5.74, 6) is 0.794. The summed E-state index contributed by atoms with van der Waals surface area (Å²) in [6.07, 6.45) is 4.55. The molecule has 1 aliphatic rings. The van der Waals surface area contributed by atoms with E-state index in [2.05, 4.69) is 22.5 Å². The van der Waals surface area contributed by atoms with Gasteiger partial charge in [-0.2, -0.15) is 0 Å². The van der Waals surface area contributed by atoms with E-state index in [1.54, 1.807) is 11.3 Å². The third-order valence-corrected chi connectivity index (χ3v) is 3.83. The fraction of sp³-hybridized carbons (Fsp3) is 0.727. The van der Waals surface area contributed by atoms with E-state index in [0.29, 0.717) is 6.04 Å². The van der Waals surface area contributed by atoms with Crippen LogP contribution >= 0.6 is 11.3 Å². The summed E-state index contributed by atoms with van der Waals surface area (Å²) in [6.45, 7) is 5.47. The maximum Gasteiger partial charge on any atom is 0.106 e. The van der Waals surface area contributed by atoms with Gasteiger partial charge in [0.2, 0.25) is 0 Å². The first-order valence-corrected chi connectivity index (χ1v) is 6.56. The second-order valence-electron chi connectivity index (χ2n) is 4.24. The van der Waals surface area contributed by atoms with Gasteiger partial charge < -0.3 is 10.6 Å². The summed E-state index contributed by atoms with van der Waals surface area (Å²) in [5.41, 5.74) is 0. The molecule has 1 aliphatic heterocycles. The molecule has 0 spiro atoms. The zero-order valence-corrected chi connectivity index (χ0v) is 10.0. The van der Waals surface area contributed by atoms with Gasteiger partial charge in [0.1, 0.15) is 5.01 Å². The molecular weight excluding hydrogens is 206 g/mol. The van der Waals surface area contributed by atoms with E-state index in [1.807, 2.05) is 11.6 Å². The lowest BCUT2D eigenvalue weighted by molar-refractivity contribution is 0.290. The SMILES string of the molecule is CC1CCCNC1CNCc1nccs1. The number of nitrogens with zero attached hydrogens (tertiary/aromatic N) is 1. The van der Waals surface area contributed by atoms with E-state index in [0.717, 1.165) is 19.0 Å². The number of nitrogens with one attached hydrogen (secondary N) is 2. The molecule has 0 saturated carbocycles. The van der Waals surface area contributed by atoms with Crippen molar-refractivity contribution in [2.75, 3.05) is 13.1 Å². The van der Waals surface area contributed by atoms with Crippen LogP contribution in [-0.2, 0) is 6.54 Å². The highest BCUT2D eigenvalue weighted by Crippen LogP contribution is 2.14. The normalized spacial score (nSPS) is 26.7. The Balaban J connectivity index is 1.68. The number of hydrogen-bond donors (Lipinski definition) is 2. The zero-order valence-electron chi connectivity index (χ0n) is 9.20. The first-order valence-electron chi connectivity index (χ1n) is 5.69. The van der Waals surface area contributed by atoms with Crippen LogP contribution in [-0.4, -0.2) is 24.1 Å². The van der Waals surface area contributed by atoms with Crippen LogP contribution < -0.4 is 10.6 Å². The molecule has 0 aromatic carbocycles. The smallest absolute Gasteiger partial charge is 0.106 e. The topological polar surface area (TPSA) is 37.0 Å². The van der Waals surface area contributed by atoms with Gasteiger partial charge in [-0.15, -0.1) is 11.3 Å². The predicted octanol–water partition coefficient (Wildman–Crippen LogP) is 1.62. The monoisotopic (exact) mass is 225 g/mol. The van der Waals surface area contributed by atoms with Crippen LogP contribution in [0.1, 0.15) is 24.8 Å². The second kappa shape index (κ2) is 5.58. The standard InChI is InChI=1S/C11H19N3S/c1-9-3-2-4-13-10(9)7-12-8-11-14-5-6-15-11/h5-6,9-10,12-13H,2-4,7-8H2,1H3. The molecule has 2 unspecified atom stereocenters. The maximum atomic E-state index is 4.25. The largest absolute Gasteiger partial charge is 0.312 e. The van der Waals surface area contributed by atoms with Crippen molar-refractivity contribution in [1.82, 2.24) is 15.6 Å². The number of aromatic nitrogens is 1. The van der Waals surface area contributed by atoms with Gasteiger partial charge in [0.15, 0.2) is 0 Å². The molecule has 84 valence electrons. The summed E-state index contributed by atoms with van der Waals surface area (Å²) in [4.78, 5) is 4.25. The Morgan fingerprint density at radius 2 is 2.60 bits per heavy atom. The van der Waals surface area contributed by atoms with E-state index in [9.17, 15) is 0 Å². The van der Waals surface area contributed by atoms with Crippen molar-refractivity contribution in [3.8, 4) is 0 Å². The number of rotatable bonds is 4. The summed E-state index contributed by atoms with van der Waals surface area (Å²) < 4.78 is 0. The van der Waals surface area contributed by atoms with E-state index < -0.39 is 0 Å². The number of thiazole rings is 1. The van der Waals surface area contributed by atoms with E-state index in [4.69, 9.17) is 0 Å². The lowest BCUT2D eigenvalue weighted by Crippen LogP contribution is -2.46. The lowest BCUT2D eigenvalue weighted by Gasteiger charge is -2.30. The molecule has 3 nitrogen and oxygen atoms in total. The molecule has 2 atom stereocenters. The summed E-state index contributed by atoms with van der Waals surface area (Å²) in [6, 6.07) is 0.638. The maximum absolute atomic E-state index is 4.25. The Kier molecular flexibility index (Phi) is 4.11. The molecule has 2 rings (SSSR count). The molecular formula is C11H19N3S. The Bertz CT molecular complexity index is 273. The molecule has 0 bridgehead atoms. The van der Waals surface area contributed by atoms with Crippen LogP contribution in [0.2, 0.25) is 0 Å². The Morgan fingerprint density at radius 1 is 1.67 bits per heavy atom. The van der Waals surface area contributed by atoms with E-state index >= 15 is 0 Å². The van der Waals surface area contributed by atoms with E-state index in [1.165, 1.54) is 24.4 Å².